The molecule has 9 heteroatoms. The number of hydrogen-bond donors (Lipinski definition) is 1. The van der Waals surface area contributed by atoms with Crippen LogP contribution >= 0.6 is 0 Å². The molecule has 0 aliphatic carbocycles. The number of nitrogens with one attached hydrogen (secondary N) is 1. The Morgan fingerprint density at radius 1 is 1.10 bits per heavy atom. The Bertz CT molecular complexity index is 539. The smallest absolute Gasteiger partial charge is 0.352 e. The highest BCUT2D eigenvalue weighted by Gasteiger charge is 2.48. The molecular formula is C12H10F6N2O. The minimum Gasteiger partial charge on any atom is -0.352 e. The van der Waals surface area contributed by atoms with Gasteiger partial charge in [-0.05, 0) is 12.1 Å². The first-order valence-electron chi connectivity index (χ1n) is 5.87. The van der Waals surface area contributed by atoms with Gasteiger partial charge >= 0.3 is 12.4 Å². The number of carbonyl (C=O) groups is 1. The zero-order valence-electron chi connectivity index (χ0n) is 10.4. The number of amides is 1. The van der Waals surface area contributed by atoms with Crippen molar-refractivity contribution >= 4 is 11.6 Å². The van der Waals surface area contributed by atoms with Crippen molar-refractivity contribution < 1.29 is 31.1 Å². The molecule has 1 saturated heterocycles. The van der Waals surface area contributed by atoms with E-state index in [1.54, 1.807) is 0 Å². The summed E-state index contributed by atoms with van der Waals surface area (Å²) in [6.07, 6.45) is -9.56. The molecule has 1 N–H and O–H groups in total. The number of hydrogen-bond acceptors (Lipinski definition) is 2. The molecule has 0 saturated carbocycles. The predicted octanol–water partition coefficient (Wildman–Crippen LogP) is 2.57. The van der Waals surface area contributed by atoms with Crippen LogP contribution in [0.3, 0.4) is 0 Å². The van der Waals surface area contributed by atoms with Crippen LogP contribution in [0, 0.1) is 0 Å². The first kappa shape index (κ1) is 15.5. The van der Waals surface area contributed by atoms with Gasteiger partial charge in [-0.25, -0.2) is 0 Å². The van der Waals surface area contributed by atoms with Gasteiger partial charge in [-0.2, -0.15) is 26.3 Å². The standard InChI is InChI=1S/C12H10F6N2O/c13-11(14,15)7-3-1-2-4-8(7)20-6-10(21)19-5-9(20)12(16,17)18/h1-4,9H,5-6H2,(H,19,21). The third-order valence-corrected chi connectivity index (χ3v) is 3.08. The molecule has 1 amide bonds. The molecule has 1 unspecified atom stereocenters. The summed E-state index contributed by atoms with van der Waals surface area (Å²) in [7, 11) is 0. The molecule has 1 aromatic carbocycles. The first-order valence-corrected chi connectivity index (χ1v) is 5.87. The fourth-order valence-electron chi connectivity index (χ4n) is 2.15. The van der Waals surface area contributed by atoms with Crippen molar-refractivity contribution in [2.75, 3.05) is 18.0 Å². The van der Waals surface area contributed by atoms with Crippen LogP contribution in [0.15, 0.2) is 24.3 Å². The van der Waals surface area contributed by atoms with Crippen LogP contribution < -0.4 is 10.2 Å². The summed E-state index contributed by atoms with van der Waals surface area (Å²) in [5, 5.41) is 2.01. The third-order valence-electron chi connectivity index (χ3n) is 3.08. The number of rotatable bonds is 1. The fourth-order valence-corrected chi connectivity index (χ4v) is 2.15. The van der Waals surface area contributed by atoms with E-state index in [9.17, 15) is 31.1 Å². The lowest BCUT2D eigenvalue weighted by molar-refractivity contribution is -0.154. The monoisotopic (exact) mass is 312 g/mol. The number of halogens is 6. The summed E-state index contributed by atoms with van der Waals surface area (Å²) < 4.78 is 77.6. The maximum Gasteiger partial charge on any atom is 0.418 e. The average Bonchev–Trinajstić information content (AvgIpc) is 2.36. The number of anilines is 1. The molecule has 1 atom stereocenters. The number of para-hydroxylation sites is 1. The van der Waals surface area contributed by atoms with E-state index in [0.29, 0.717) is 11.0 Å². The molecule has 3 nitrogen and oxygen atoms in total. The molecule has 21 heavy (non-hydrogen) atoms. The van der Waals surface area contributed by atoms with Crippen LogP contribution in [-0.2, 0) is 11.0 Å². The molecule has 1 aliphatic rings. The number of alkyl halides is 6. The maximum absolute atomic E-state index is 13.0. The van der Waals surface area contributed by atoms with Gasteiger partial charge in [0.15, 0.2) is 0 Å². The van der Waals surface area contributed by atoms with Crippen molar-refractivity contribution in [2.24, 2.45) is 0 Å². The Hall–Kier alpha value is -1.93. The summed E-state index contributed by atoms with van der Waals surface area (Å²) in [5.74, 6) is -0.757. The molecule has 0 bridgehead atoms. The second-order valence-corrected chi connectivity index (χ2v) is 4.50. The van der Waals surface area contributed by atoms with Crippen LogP contribution in [0.25, 0.3) is 0 Å². The Morgan fingerprint density at radius 2 is 1.71 bits per heavy atom. The van der Waals surface area contributed by atoms with Gasteiger partial charge in [-0.3, -0.25) is 4.79 Å². The Morgan fingerprint density at radius 3 is 2.29 bits per heavy atom. The fraction of sp³-hybridized carbons (Fsp3) is 0.417. The van der Waals surface area contributed by atoms with Gasteiger partial charge in [0, 0.05) is 6.54 Å². The summed E-state index contributed by atoms with van der Waals surface area (Å²) in [6, 6.07) is 1.71. The van der Waals surface area contributed by atoms with Gasteiger partial charge < -0.3 is 10.2 Å². The van der Waals surface area contributed by atoms with Crippen LogP contribution in [0.5, 0.6) is 0 Å². The lowest BCUT2D eigenvalue weighted by Crippen LogP contribution is -2.60. The van der Waals surface area contributed by atoms with Crippen molar-refractivity contribution in [1.29, 1.82) is 0 Å². The van der Waals surface area contributed by atoms with Crippen molar-refractivity contribution in [3.8, 4) is 0 Å². The normalized spacial score (nSPS) is 20.4. The molecule has 0 radical (unpaired) electrons. The topological polar surface area (TPSA) is 32.3 Å². The molecule has 2 rings (SSSR count). The zero-order valence-corrected chi connectivity index (χ0v) is 10.4. The van der Waals surface area contributed by atoms with Crippen molar-refractivity contribution in [3.63, 3.8) is 0 Å². The second-order valence-electron chi connectivity index (χ2n) is 4.50. The number of nitrogens with zero attached hydrogens (tertiary/aromatic N) is 1. The highest BCUT2D eigenvalue weighted by molar-refractivity contribution is 5.83. The predicted molar refractivity (Wildman–Crippen MR) is 61.6 cm³/mol. The van der Waals surface area contributed by atoms with E-state index in [-0.39, 0.29) is 0 Å². The van der Waals surface area contributed by atoms with Gasteiger partial charge in [-0.1, -0.05) is 12.1 Å². The molecule has 1 aromatic rings. The molecule has 116 valence electrons. The third kappa shape index (κ3) is 3.22. The summed E-state index contributed by atoms with van der Waals surface area (Å²) in [5.41, 5.74) is -1.85. The first-order chi connectivity index (χ1) is 9.60. The average molecular weight is 312 g/mol. The minimum absolute atomic E-state index is 0.446. The highest BCUT2D eigenvalue weighted by Crippen LogP contribution is 2.39. The number of piperazine rings is 1. The summed E-state index contributed by atoms with van der Waals surface area (Å²) in [4.78, 5) is 11.7. The van der Waals surface area contributed by atoms with Crippen molar-refractivity contribution in [1.82, 2.24) is 5.32 Å². The lowest BCUT2D eigenvalue weighted by Gasteiger charge is -2.39. The van der Waals surface area contributed by atoms with Crippen LogP contribution in [0.2, 0.25) is 0 Å². The highest BCUT2D eigenvalue weighted by atomic mass is 19.4. The van der Waals surface area contributed by atoms with Crippen LogP contribution in [-0.4, -0.2) is 31.2 Å². The van der Waals surface area contributed by atoms with Gasteiger partial charge in [0.25, 0.3) is 0 Å². The van der Waals surface area contributed by atoms with E-state index in [4.69, 9.17) is 0 Å². The maximum atomic E-state index is 13.0. The van der Waals surface area contributed by atoms with Gasteiger partial charge in [-0.15, -0.1) is 0 Å². The van der Waals surface area contributed by atoms with E-state index in [0.717, 1.165) is 12.1 Å². The quantitative estimate of drug-likeness (QED) is 0.809. The molecular weight excluding hydrogens is 302 g/mol. The second kappa shape index (κ2) is 5.12. The van der Waals surface area contributed by atoms with E-state index in [2.05, 4.69) is 0 Å². The minimum atomic E-state index is -4.80. The van der Waals surface area contributed by atoms with Crippen LogP contribution in [0.1, 0.15) is 5.56 Å². The van der Waals surface area contributed by atoms with E-state index >= 15 is 0 Å². The molecule has 0 spiro atoms. The van der Waals surface area contributed by atoms with E-state index < -0.39 is 48.6 Å². The number of carbonyl (C=O) groups excluding carboxylic acids is 1. The Labute approximate surface area is 115 Å². The SMILES string of the molecule is O=C1CN(c2ccccc2C(F)(F)F)C(C(F)(F)F)CN1. The van der Waals surface area contributed by atoms with Crippen LogP contribution in [0.4, 0.5) is 32.0 Å². The van der Waals surface area contributed by atoms with Crippen molar-refractivity contribution in [3.05, 3.63) is 29.8 Å². The van der Waals surface area contributed by atoms with Gasteiger partial charge in [0.2, 0.25) is 5.91 Å². The molecule has 0 aromatic heterocycles. The van der Waals surface area contributed by atoms with Gasteiger partial charge in [0.1, 0.15) is 6.04 Å². The van der Waals surface area contributed by atoms with E-state index in [1.165, 1.54) is 6.07 Å². The number of benzene rings is 1. The summed E-state index contributed by atoms with van der Waals surface area (Å²) in [6.45, 7) is -1.56. The zero-order chi connectivity index (χ0) is 15.8. The lowest BCUT2D eigenvalue weighted by atomic mass is 10.1. The van der Waals surface area contributed by atoms with E-state index in [1.807, 2.05) is 5.32 Å². The van der Waals surface area contributed by atoms with Gasteiger partial charge in [0.05, 0.1) is 17.8 Å². The molecule has 1 aliphatic heterocycles. The van der Waals surface area contributed by atoms with Crippen molar-refractivity contribution in [2.45, 2.75) is 18.4 Å². The molecule has 1 heterocycles. The molecule has 1 fully saturated rings. The largest absolute Gasteiger partial charge is 0.418 e. The Kier molecular flexibility index (Phi) is 3.77. The summed E-state index contributed by atoms with van der Waals surface area (Å²) >= 11 is 0. The Balaban J connectivity index is 2.49.